The molecular formula is C15H11N2O3-. The third kappa shape index (κ3) is 1.99. The molecule has 0 spiro atoms. The minimum Gasteiger partial charge on any atom is -0.545 e. The maximum Gasteiger partial charge on any atom is 0.138 e. The lowest BCUT2D eigenvalue weighted by Gasteiger charge is -2.01. The highest BCUT2D eigenvalue weighted by atomic mass is 16.5. The largest absolute Gasteiger partial charge is 0.545 e. The van der Waals surface area contributed by atoms with Crippen LogP contribution in [0.2, 0.25) is 0 Å². The zero-order valence-corrected chi connectivity index (χ0v) is 10.7. The van der Waals surface area contributed by atoms with Gasteiger partial charge in [0.05, 0.1) is 24.1 Å². The van der Waals surface area contributed by atoms with Crippen LogP contribution in [-0.4, -0.2) is 23.0 Å². The summed E-state index contributed by atoms with van der Waals surface area (Å²) in [7, 11) is 1.60. The molecule has 0 amide bonds. The predicted molar refractivity (Wildman–Crippen MR) is 72.4 cm³/mol. The Balaban J connectivity index is 2.12. The molecule has 100 valence electrons. The summed E-state index contributed by atoms with van der Waals surface area (Å²) in [4.78, 5) is 18.5. The third-order valence-electron chi connectivity index (χ3n) is 3.10. The van der Waals surface area contributed by atoms with Crippen LogP contribution in [0.5, 0.6) is 5.75 Å². The Hall–Kier alpha value is -2.82. The number of carbonyl (C=O) groups is 1. The van der Waals surface area contributed by atoms with Crippen LogP contribution in [0.25, 0.3) is 22.4 Å². The molecule has 5 heteroatoms. The highest BCUT2D eigenvalue weighted by Crippen LogP contribution is 2.24. The first kappa shape index (κ1) is 12.2. The fraction of sp³-hybridized carbons (Fsp3) is 0.0667. The topological polar surface area (TPSA) is 78.0 Å². The Morgan fingerprint density at radius 2 is 1.95 bits per heavy atom. The third-order valence-corrected chi connectivity index (χ3v) is 3.10. The number of hydrogen-bond donors (Lipinski definition) is 1. The zero-order valence-electron chi connectivity index (χ0n) is 10.7. The molecular weight excluding hydrogens is 256 g/mol. The fourth-order valence-corrected chi connectivity index (χ4v) is 2.08. The van der Waals surface area contributed by atoms with Gasteiger partial charge >= 0.3 is 0 Å². The molecule has 1 heterocycles. The number of carbonyl (C=O) groups excluding carboxylic acids is 1. The van der Waals surface area contributed by atoms with Crippen molar-refractivity contribution in [2.24, 2.45) is 0 Å². The summed E-state index contributed by atoms with van der Waals surface area (Å²) in [5.74, 6) is 0.125. The van der Waals surface area contributed by atoms with Crippen LogP contribution >= 0.6 is 0 Å². The zero-order chi connectivity index (χ0) is 14.1. The van der Waals surface area contributed by atoms with Gasteiger partial charge in [0.1, 0.15) is 11.6 Å². The number of H-pyrrole nitrogens is 1. The number of imidazole rings is 1. The molecule has 2 aromatic carbocycles. The van der Waals surface area contributed by atoms with Gasteiger partial charge in [0.2, 0.25) is 0 Å². The summed E-state index contributed by atoms with van der Waals surface area (Å²) >= 11 is 0. The normalized spacial score (nSPS) is 10.7. The maximum absolute atomic E-state index is 11.1. The van der Waals surface area contributed by atoms with E-state index in [4.69, 9.17) is 4.74 Å². The van der Waals surface area contributed by atoms with E-state index in [-0.39, 0.29) is 5.56 Å². The molecule has 1 aromatic heterocycles. The minimum atomic E-state index is -1.23. The lowest BCUT2D eigenvalue weighted by molar-refractivity contribution is -0.254. The predicted octanol–water partition coefficient (Wildman–Crippen LogP) is 1.60. The van der Waals surface area contributed by atoms with Crippen LogP contribution in [0.3, 0.4) is 0 Å². The van der Waals surface area contributed by atoms with E-state index in [0.29, 0.717) is 16.9 Å². The molecule has 1 N–H and O–H groups in total. The van der Waals surface area contributed by atoms with Crippen molar-refractivity contribution in [3.8, 4) is 17.1 Å². The van der Waals surface area contributed by atoms with Gasteiger partial charge in [-0.05, 0) is 30.3 Å². The first-order chi connectivity index (χ1) is 9.69. The number of methoxy groups -OCH3 is 1. The molecule has 3 rings (SSSR count). The van der Waals surface area contributed by atoms with Gasteiger partial charge in [-0.1, -0.05) is 12.1 Å². The highest BCUT2D eigenvalue weighted by molar-refractivity contribution is 6.00. The number of rotatable bonds is 3. The summed E-state index contributed by atoms with van der Waals surface area (Å²) < 4.78 is 5.10. The van der Waals surface area contributed by atoms with Crippen LogP contribution in [0.4, 0.5) is 0 Å². The molecule has 0 radical (unpaired) electrons. The molecule has 5 nitrogen and oxygen atoms in total. The lowest BCUT2D eigenvalue weighted by atomic mass is 10.2. The van der Waals surface area contributed by atoms with Gasteiger partial charge in [-0.15, -0.1) is 0 Å². The van der Waals surface area contributed by atoms with Crippen molar-refractivity contribution < 1.29 is 14.6 Å². The summed E-state index contributed by atoms with van der Waals surface area (Å²) in [6.45, 7) is 0. The van der Waals surface area contributed by atoms with Crippen molar-refractivity contribution in [1.82, 2.24) is 9.97 Å². The van der Waals surface area contributed by atoms with Crippen molar-refractivity contribution in [3.63, 3.8) is 0 Å². The monoisotopic (exact) mass is 267 g/mol. The molecule has 3 aromatic rings. The minimum absolute atomic E-state index is 0.0820. The van der Waals surface area contributed by atoms with Crippen LogP contribution in [0.15, 0.2) is 42.5 Å². The lowest BCUT2D eigenvalue weighted by Crippen LogP contribution is -2.22. The van der Waals surface area contributed by atoms with E-state index in [0.717, 1.165) is 11.3 Å². The summed E-state index contributed by atoms with van der Waals surface area (Å²) in [5.41, 5.74) is 2.00. The number of benzene rings is 2. The Morgan fingerprint density at radius 3 is 2.60 bits per heavy atom. The van der Waals surface area contributed by atoms with Gasteiger partial charge in [-0.25, -0.2) is 4.98 Å². The Bertz CT molecular complexity index is 775. The van der Waals surface area contributed by atoms with E-state index >= 15 is 0 Å². The summed E-state index contributed by atoms with van der Waals surface area (Å²) in [5, 5.41) is 11.1. The SMILES string of the molecule is COc1ccc(-c2nc3c(C(=O)[O-])cccc3[nH]2)cc1. The van der Waals surface area contributed by atoms with Crippen molar-refractivity contribution in [2.45, 2.75) is 0 Å². The number of nitrogens with one attached hydrogen (secondary N) is 1. The Morgan fingerprint density at radius 1 is 1.20 bits per heavy atom. The van der Waals surface area contributed by atoms with Crippen molar-refractivity contribution in [2.75, 3.05) is 7.11 Å². The Labute approximate surface area is 114 Å². The van der Waals surface area contributed by atoms with E-state index in [2.05, 4.69) is 9.97 Å². The second-order valence-electron chi connectivity index (χ2n) is 4.30. The average molecular weight is 267 g/mol. The molecule has 0 aliphatic carbocycles. The van der Waals surface area contributed by atoms with E-state index in [1.807, 2.05) is 24.3 Å². The van der Waals surface area contributed by atoms with E-state index in [9.17, 15) is 9.90 Å². The standard InChI is InChI=1S/C15H12N2O3/c1-20-10-7-5-9(6-8-10)14-16-12-4-2-3-11(15(18)19)13(12)17-14/h2-8H,1H3,(H,16,17)(H,18,19)/p-1. The van der Waals surface area contributed by atoms with Crippen molar-refractivity contribution >= 4 is 17.0 Å². The number of carboxylic acids is 1. The molecule has 0 saturated carbocycles. The van der Waals surface area contributed by atoms with Gasteiger partial charge < -0.3 is 19.6 Å². The number of aromatic amines is 1. The molecule has 0 saturated heterocycles. The maximum atomic E-state index is 11.1. The van der Waals surface area contributed by atoms with Gasteiger partial charge in [0.15, 0.2) is 0 Å². The Kier molecular flexibility index (Phi) is 2.87. The van der Waals surface area contributed by atoms with Crippen LogP contribution in [0.1, 0.15) is 10.4 Å². The van der Waals surface area contributed by atoms with Crippen LogP contribution in [-0.2, 0) is 0 Å². The second kappa shape index (κ2) is 4.70. The number of aromatic carboxylic acids is 1. The number of hydrogen-bond acceptors (Lipinski definition) is 4. The molecule has 0 atom stereocenters. The molecule has 0 bridgehead atoms. The van der Waals surface area contributed by atoms with Crippen LogP contribution < -0.4 is 9.84 Å². The van der Waals surface area contributed by atoms with Gasteiger partial charge in [0, 0.05) is 11.1 Å². The van der Waals surface area contributed by atoms with Crippen molar-refractivity contribution in [1.29, 1.82) is 0 Å². The molecule has 20 heavy (non-hydrogen) atoms. The second-order valence-corrected chi connectivity index (χ2v) is 4.30. The molecule has 0 aliphatic rings. The average Bonchev–Trinajstić information content (AvgIpc) is 2.90. The molecule has 0 unspecified atom stereocenters. The van der Waals surface area contributed by atoms with Gasteiger partial charge in [0.25, 0.3) is 0 Å². The summed E-state index contributed by atoms with van der Waals surface area (Å²) in [6, 6.07) is 12.3. The number of carboxylic acid groups (broad SMARTS) is 1. The first-order valence-electron chi connectivity index (χ1n) is 6.03. The summed E-state index contributed by atoms with van der Waals surface area (Å²) in [6.07, 6.45) is 0. The molecule has 0 aliphatic heterocycles. The van der Waals surface area contributed by atoms with Gasteiger partial charge in [-0.2, -0.15) is 0 Å². The number of para-hydroxylation sites is 1. The number of aromatic nitrogens is 2. The number of fused-ring (bicyclic) bond motifs is 1. The highest BCUT2D eigenvalue weighted by Gasteiger charge is 2.09. The number of nitrogens with zero attached hydrogens (tertiary/aromatic N) is 1. The van der Waals surface area contributed by atoms with Gasteiger partial charge in [-0.3, -0.25) is 0 Å². The fourth-order valence-electron chi connectivity index (χ4n) is 2.08. The van der Waals surface area contributed by atoms with E-state index in [1.54, 1.807) is 19.2 Å². The van der Waals surface area contributed by atoms with Crippen molar-refractivity contribution in [3.05, 3.63) is 48.0 Å². The van der Waals surface area contributed by atoms with E-state index in [1.165, 1.54) is 6.07 Å². The smallest absolute Gasteiger partial charge is 0.138 e. The van der Waals surface area contributed by atoms with Crippen LogP contribution in [0, 0.1) is 0 Å². The number of ether oxygens (including phenoxy) is 1. The first-order valence-corrected chi connectivity index (χ1v) is 6.03. The quantitative estimate of drug-likeness (QED) is 0.781. The van der Waals surface area contributed by atoms with E-state index < -0.39 is 5.97 Å². The molecule has 0 fully saturated rings.